The number of carbonyl (C=O) groups excluding carboxylic acids is 1. The summed E-state index contributed by atoms with van der Waals surface area (Å²) in [7, 11) is 0. The molecule has 0 radical (unpaired) electrons. The van der Waals surface area contributed by atoms with Crippen molar-refractivity contribution in [3.05, 3.63) is 10.4 Å². The van der Waals surface area contributed by atoms with Crippen LogP contribution >= 0.6 is 11.3 Å². The normalized spacial score (nSPS) is 20.1. The molecule has 1 aromatic heterocycles. The second-order valence-corrected chi connectivity index (χ2v) is 7.62. The molecule has 0 atom stereocenters. The lowest BCUT2D eigenvalue weighted by Crippen LogP contribution is -2.20. The molecular formula is C15H23N3OS. The van der Waals surface area contributed by atoms with Gasteiger partial charge in [0.25, 0.3) is 5.91 Å². The van der Waals surface area contributed by atoms with Crippen molar-refractivity contribution >= 4 is 27.9 Å². The second-order valence-electron chi connectivity index (χ2n) is 6.60. The number of nitrogens with one attached hydrogen (secondary N) is 1. The van der Waals surface area contributed by atoms with Gasteiger partial charge in [-0.15, -0.1) is 11.3 Å². The van der Waals surface area contributed by atoms with E-state index in [2.05, 4.69) is 19.2 Å². The monoisotopic (exact) mass is 293 g/mol. The summed E-state index contributed by atoms with van der Waals surface area (Å²) in [5.74, 6) is 0.802. The third-order valence-electron chi connectivity index (χ3n) is 4.91. The van der Waals surface area contributed by atoms with Crippen LogP contribution in [0.3, 0.4) is 0 Å². The molecule has 20 heavy (non-hydrogen) atoms. The number of hydrogen-bond donors (Lipinski definition) is 3. The Morgan fingerprint density at radius 3 is 2.55 bits per heavy atom. The standard InChI is InChI=1S/C15H23N3OS/c1-8(2)15(5-6-15)7-18-14-10(9-3-4-9)11(16)12(20-14)13(17)19/h8-9,18H,3-7,16H2,1-2H3,(H2,17,19). The zero-order chi connectivity index (χ0) is 14.5. The predicted molar refractivity (Wildman–Crippen MR) is 84.2 cm³/mol. The van der Waals surface area contributed by atoms with Gasteiger partial charge >= 0.3 is 0 Å². The van der Waals surface area contributed by atoms with Crippen LogP contribution in [0, 0.1) is 11.3 Å². The van der Waals surface area contributed by atoms with Crippen LogP contribution in [-0.4, -0.2) is 12.5 Å². The Labute approximate surface area is 123 Å². The molecule has 2 aliphatic rings. The fourth-order valence-electron chi connectivity index (χ4n) is 2.92. The number of carbonyl (C=O) groups is 1. The first-order valence-electron chi connectivity index (χ1n) is 7.40. The van der Waals surface area contributed by atoms with Crippen molar-refractivity contribution in [2.75, 3.05) is 17.6 Å². The topological polar surface area (TPSA) is 81.1 Å². The molecule has 110 valence electrons. The molecule has 4 nitrogen and oxygen atoms in total. The van der Waals surface area contributed by atoms with Crippen LogP contribution in [0.15, 0.2) is 0 Å². The number of nitrogen functional groups attached to an aromatic ring is 1. The SMILES string of the molecule is CC(C)C1(CNc2sc(C(N)=O)c(N)c2C2CC2)CC1. The van der Waals surface area contributed by atoms with E-state index in [4.69, 9.17) is 11.5 Å². The van der Waals surface area contributed by atoms with Crippen LogP contribution < -0.4 is 16.8 Å². The van der Waals surface area contributed by atoms with Crippen LogP contribution in [0.2, 0.25) is 0 Å². The number of primary amides is 1. The quantitative estimate of drug-likeness (QED) is 0.753. The van der Waals surface area contributed by atoms with E-state index >= 15 is 0 Å². The van der Waals surface area contributed by atoms with Crippen molar-refractivity contribution in [2.24, 2.45) is 17.1 Å². The Hall–Kier alpha value is -1.23. The van der Waals surface area contributed by atoms with Crippen molar-refractivity contribution in [3.63, 3.8) is 0 Å². The molecule has 2 fully saturated rings. The highest BCUT2D eigenvalue weighted by Gasteiger charge is 2.45. The molecule has 0 bridgehead atoms. The highest BCUT2D eigenvalue weighted by Crippen LogP contribution is 2.54. The van der Waals surface area contributed by atoms with Gasteiger partial charge in [0.2, 0.25) is 0 Å². The fraction of sp³-hybridized carbons (Fsp3) is 0.667. The third kappa shape index (κ3) is 2.28. The Kier molecular flexibility index (Phi) is 3.20. The zero-order valence-electron chi connectivity index (χ0n) is 12.2. The van der Waals surface area contributed by atoms with E-state index in [0.29, 0.717) is 27.8 Å². The molecular weight excluding hydrogens is 270 g/mol. The van der Waals surface area contributed by atoms with Gasteiger partial charge in [0.1, 0.15) is 4.88 Å². The molecule has 0 unspecified atom stereocenters. The largest absolute Gasteiger partial charge is 0.397 e. The second kappa shape index (κ2) is 4.65. The lowest BCUT2D eigenvalue weighted by Gasteiger charge is -2.20. The van der Waals surface area contributed by atoms with Gasteiger partial charge in [0.15, 0.2) is 0 Å². The summed E-state index contributed by atoms with van der Waals surface area (Å²) in [6.07, 6.45) is 4.92. The van der Waals surface area contributed by atoms with E-state index in [1.165, 1.54) is 37.0 Å². The van der Waals surface area contributed by atoms with Gasteiger partial charge < -0.3 is 16.8 Å². The van der Waals surface area contributed by atoms with Gasteiger partial charge in [-0.1, -0.05) is 13.8 Å². The van der Waals surface area contributed by atoms with E-state index in [9.17, 15) is 4.79 Å². The first-order chi connectivity index (χ1) is 9.44. The van der Waals surface area contributed by atoms with Crippen molar-refractivity contribution in [1.29, 1.82) is 0 Å². The van der Waals surface area contributed by atoms with E-state index in [1.54, 1.807) is 0 Å². The van der Waals surface area contributed by atoms with Gasteiger partial charge in [0, 0.05) is 12.1 Å². The summed E-state index contributed by atoms with van der Waals surface area (Å²) < 4.78 is 0. The predicted octanol–water partition coefficient (Wildman–Crippen LogP) is 3.15. The lowest BCUT2D eigenvalue weighted by molar-refractivity contribution is 0.100. The van der Waals surface area contributed by atoms with Crippen molar-refractivity contribution in [2.45, 2.75) is 45.4 Å². The Balaban J connectivity index is 1.82. The first-order valence-corrected chi connectivity index (χ1v) is 8.22. The third-order valence-corrected chi connectivity index (χ3v) is 6.10. The summed E-state index contributed by atoms with van der Waals surface area (Å²) in [6, 6.07) is 0. The van der Waals surface area contributed by atoms with E-state index in [-0.39, 0.29) is 0 Å². The number of thiophene rings is 1. The van der Waals surface area contributed by atoms with E-state index in [1.807, 2.05) is 0 Å². The minimum absolute atomic E-state index is 0.410. The van der Waals surface area contributed by atoms with Gasteiger partial charge in [0.05, 0.1) is 10.7 Å². The maximum Gasteiger partial charge on any atom is 0.260 e. The summed E-state index contributed by atoms with van der Waals surface area (Å²) in [5.41, 5.74) is 13.7. The molecule has 0 saturated heterocycles. The van der Waals surface area contributed by atoms with Gasteiger partial charge in [-0.2, -0.15) is 0 Å². The van der Waals surface area contributed by atoms with Crippen molar-refractivity contribution in [1.82, 2.24) is 0 Å². The summed E-state index contributed by atoms with van der Waals surface area (Å²) in [5, 5.41) is 4.64. The average molecular weight is 293 g/mol. The van der Waals surface area contributed by atoms with Gasteiger partial charge in [-0.05, 0) is 42.9 Å². The Bertz CT molecular complexity index is 542. The highest BCUT2D eigenvalue weighted by molar-refractivity contribution is 7.18. The minimum atomic E-state index is -0.410. The van der Waals surface area contributed by atoms with E-state index in [0.717, 1.165) is 17.1 Å². The molecule has 5 N–H and O–H groups in total. The van der Waals surface area contributed by atoms with Gasteiger partial charge in [-0.3, -0.25) is 4.79 Å². The van der Waals surface area contributed by atoms with Crippen LogP contribution in [0.25, 0.3) is 0 Å². The summed E-state index contributed by atoms with van der Waals surface area (Å²) in [4.78, 5) is 12.0. The first kappa shape index (κ1) is 13.7. The Morgan fingerprint density at radius 2 is 2.10 bits per heavy atom. The van der Waals surface area contributed by atoms with Crippen LogP contribution in [0.1, 0.15) is 60.7 Å². The molecule has 0 aliphatic heterocycles. The Morgan fingerprint density at radius 1 is 1.45 bits per heavy atom. The lowest BCUT2D eigenvalue weighted by atomic mass is 9.92. The minimum Gasteiger partial charge on any atom is -0.397 e. The maximum absolute atomic E-state index is 11.5. The molecule has 0 aromatic carbocycles. The molecule has 2 aliphatic carbocycles. The van der Waals surface area contributed by atoms with E-state index < -0.39 is 5.91 Å². The van der Waals surface area contributed by atoms with Crippen LogP contribution in [0.5, 0.6) is 0 Å². The van der Waals surface area contributed by atoms with Crippen LogP contribution in [0.4, 0.5) is 10.7 Å². The molecule has 5 heteroatoms. The molecule has 1 heterocycles. The number of amides is 1. The molecule has 1 aromatic rings. The van der Waals surface area contributed by atoms with Crippen molar-refractivity contribution < 1.29 is 4.79 Å². The van der Waals surface area contributed by atoms with Gasteiger partial charge in [-0.25, -0.2) is 0 Å². The van der Waals surface area contributed by atoms with Crippen molar-refractivity contribution in [3.8, 4) is 0 Å². The summed E-state index contributed by atoms with van der Waals surface area (Å²) >= 11 is 1.43. The molecule has 0 spiro atoms. The van der Waals surface area contributed by atoms with Crippen LogP contribution in [-0.2, 0) is 0 Å². The zero-order valence-corrected chi connectivity index (χ0v) is 13.0. The number of rotatable bonds is 6. The highest BCUT2D eigenvalue weighted by atomic mass is 32.1. The molecule has 3 rings (SSSR count). The average Bonchev–Trinajstić information content (AvgIpc) is 3.27. The summed E-state index contributed by atoms with van der Waals surface area (Å²) in [6.45, 7) is 5.55. The number of hydrogen-bond acceptors (Lipinski definition) is 4. The molecule has 2 saturated carbocycles. The maximum atomic E-state index is 11.5. The fourth-order valence-corrected chi connectivity index (χ4v) is 3.98. The number of nitrogens with two attached hydrogens (primary N) is 2. The molecule has 1 amide bonds. The number of anilines is 2. The smallest absolute Gasteiger partial charge is 0.260 e.